The van der Waals surface area contributed by atoms with Gasteiger partial charge in [0, 0.05) is 0 Å². The molecule has 2 aromatic rings. The van der Waals surface area contributed by atoms with Gasteiger partial charge < -0.3 is 0 Å². The Morgan fingerprint density at radius 3 is 1.94 bits per heavy atom. The molecule has 0 aromatic heterocycles. The van der Waals surface area contributed by atoms with Crippen LogP contribution in [-0.4, -0.2) is 0 Å². The van der Waals surface area contributed by atoms with Crippen LogP contribution in [0.15, 0.2) is 36.4 Å². The Balaban J connectivity index is 2.89. The number of fused-ring (bicyclic) bond motifs is 1. The first-order chi connectivity index (χ1) is 8.21. The second-order valence-corrected chi connectivity index (χ2v) is 7.54. The molecule has 0 amide bonds. The lowest BCUT2D eigenvalue weighted by atomic mass is 9.85. The van der Waals surface area contributed by atoms with Gasteiger partial charge in [0.25, 0.3) is 0 Å². The van der Waals surface area contributed by atoms with Gasteiger partial charge in [-0.3, -0.25) is 0 Å². The van der Waals surface area contributed by atoms with Crippen LogP contribution in [0.1, 0.15) is 38.8 Å². The fourth-order valence-corrected chi connectivity index (χ4v) is 2.77. The number of benzene rings is 2. The lowest BCUT2D eigenvalue weighted by Crippen LogP contribution is -2.19. The minimum Gasteiger partial charge on any atom is -0.115 e. The molecule has 0 saturated carbocycles. The zero-order valence-corrected chi connectivity index (χ0v) is 12.7. The maximum atomic E-state index is 6.59. The van der Waals surface area contributed by atoms with Crippen molar-refractivity contribution in [2.45, 2.75) is 37.4 Å². The summed E-state index contributed by atoms with van der Waals surface area (Å²) in [5.74, 6) is 0. The standard InChI is InChI=1S/C16H18Cl2/c1-15(2,17)13-10-9-11-7-5-6-8-12(11)14(13)16(3,4)18/h5-10H,1-4H3. The Morgan fingerprint density at radius 2 is 1.39 bits per heavy atom. The number of alkyl halides is 2. The van der Waals surface area contributed by atoms with Crippen molar-refractivity contribution in [2.75, 3.05) is 0 Å². The smallest absolute Gasteiger partial charge is 0.0648 e. The molecular formula is C16H18Cl2. The molecule has 0 aliphatic heterocycles. The minimum absolute atomic E-state index is 0.425. The third kappa shape index (κ3) is 2.50. The van der Waals surface area contributed by atoms with E-state index in [9.17, 15) is 0 Å². The number of rotatable bonds is 2. The van der Waals surface area contributed by atoms with Gasteiger partial charge in [-0.2, -0.15) is 0 Å². The lowest BCUT2D eigenvalue weighted by Gasteiger charge is -2.28. The molecule has 0 unspecified atom stereocenters. The molecule has 0 radical (unpaired) electrons. The fraction of sp³-hybridized carbons (Fsp3) is 0.375. The van der Waals surface area contributed by atoms with Gasteiger partial charge in [0.15, 0.2) is 0 Å². The normalized spacial score (nSPS) is 13.0. The van der Waals surface area contributed by atoms with Gasteiger partial charge in [0.05, 0.1) is 9.75 Å². The van der Waals surface area contributed by atoms with E-state index < -0.39 is 9.75 Å². The van der Waals surface area contributed by atoms with Crippen molar-refractivity contribution in [1.29, 1.82) is 0 Å². The first-order valence-electron chi connectivity index (χ1n) is 6.12. The molecule has 0 atom stereocenters. The molecule has 96 valence electrons. The van der Waals surface area contributed by atoms with Gasteiger partial charge >= 0.3 is 0 Å². The summed E-state index contributed by atoms with van der Waals surface area (Å²) in [5.41, 5.74) is 2.23. The Bertz CT molecular complexity index is 572. The number of hydrogen-bond donors (Lipinski definition) is 0. The van der Waals surface area contributed by atoms with Gasteiger partial charge in [-0.15, -0.1) is 23.2 Å². The van der Waals surface area contributed by atoms with Gasteiger partial charge in [-0.05, 0) is 49.6 Å². The highest BCUT2D eigenvalue weighted by Gasteiger charge is 2.29. The summed E-state index contributed by atoms with van der Waals surface area (Å²) < 4.78 is 0. The molecule has 0 saturated heterocycles. The summed E-state index contributed by atoms with van der Waals surface area (Å²) >= 11 is 13.1. The summed E-state index contributed by atoms with van der Waals surface area (Å²) in [6.45, 7) is 8.04. The summed E-state index contributed by atoms with van der Waals surface area (Å²) in [4.78, 5) is -0.867. The van der Waals surface area contributed by atoms with E-state index >= 15 is 0 Å². The first-order valence-corrected chi connectivity index (χ1v) is 6.87. The van der Waals surface area contributed by atoms with E-state index in [4.69, 9.17) is 23.2 Å². The molecule has 2 heteroatoms. The largest absolute Gasteiger partial charge is 0.115 e. The average Bonchev–Trinajstić information content (AvgIpc) is 2.24. The quantitative estimate of drug-likeness (QED) is 0.611. The molecule has 2 aromatic carbocycles. The maximum Gasteiger partial charge on any atom is 0.0648 e. The zero-order valence-electron chi connectivity index (χ0n) is 11.2. The highest BCUT2D eigenvalue weighted by atomic mass is 35.5. The Kier molecular flexibility index (Phi) is 3.38. The predicted molar refractivity (Wildman–Crippen MR) is 81.7 cm³/mol. The highest BCUT2D eigenvalue weighted by Crippen LogP contribution is 2.42. The van der Waals surface area contributed by atoms with Crippen LogP contribution in [0.5, 0.6) is 0 Å². The van der Waals surface area contributed by atoms with Crippen molar-refractivity contribution in [3.8, 4) is 0 Å². The second kappa shape index (κ2) is 4.43. The average molecular weight is 281 g/mol. The Labute approximate surface area is 119 Å². The molecule has 0 nitrogen and oxygen atoms in total. The van der Waals surface area contributed by atoms with E-state index in [1.165, 1.54) is 10.8 Å². The number of halogens is 2. The highest BCUT2D eigenvalue weighted by molar-refractivity contribution is 6.26. The van der Waals surface area contributed by atoms with Crippen LogP contribution in [0.3, 0.4) is 0 Å². The monoisotopic (exact) mass is 280 g/mol. The van der Waals surface area contributed by atoms with Gasteiger partial charge in [-0.25, -0.2) is 0 Å². The van der Waals surface area contributed by atoms with E-state index in [2.05, 4.69) is 24.3 Å². The van der Waals surface area contributed by atoms with Crippen LogP contribution in [0.2, 0.25) is 0 Å². The van der Waals surface area contributed by atoms with E-state index in [1.807, 2.05) is 39.8 Å². The van der Waals surface area contributed by atoms with Crippen molar-refractivity contribution < 1.29 is 0 Å². The lowest BCUT2D eigenvalue weighted by molar-refractivity contribution is 0.700. The molecule has 0 spiro atoms. The molecule has 0 aliphatic rings. The SMILES string of the molecule is CC(C)(Cl)c1ccc2ccccc2c1C(C)(C)Cl. The van der Waals surface area contributed by atoms with E-state index in [-0.39, 0.29) is 0 Å². The third-order valence-corrected chi connectivity index (χ3v) is 3.56. The van der Waals surface area contributed by atoms with Crippen LogP contribution < -0.4 is 0 Å². The molecule has 2 rings (SSSR count). The molecule has 0 heterocycles. The predicted octanol–water partition coefficient (Wildman–Crippen LogP) is 5.79. The summed E-state index contributed by atoms with van der Waals surface area (Å²) in [7, 11) is 0. The summed E-state index contributed by atoms with van der Waals surface area (Å²) in [5, 5.41) is 2.38. The first kappa shape index (κ1) is 13.7. The molecule has 0 N–H and O–H groups in total. The third-order valence-electron chi connectivity index (χ3n) is 3.16. The van der Waals surface area contributed by atoms with Crippen molar-refractivity contribution >= 4 is 34.0 Å². The summed E-state index contributed by atoms with van der Waals surface area (Å²) in [6, 6.07) is 12.5. The molecular weight excluding hydrogens is 263 g/mol. The van der Waals surface area contributed by atoms with Crippen molar-refractivity contribution in [3.63, 3.8) is 0 Å². The molecule has 0 aliphatic carbocycles. The molecule has 0 fully saturated rings. The zero-order chi connectivity index (χ0) is 13.6. The Morgan fingerprint density at radius 1 is 0.778 bits per heavy atom. The van der Waals surface area contributed by atoms with E-state index in [1.54, 1.807) is 0 Å². The van der Waals surface area contributed by atoms with Crippen LogP contribution in [0.4, 0.5) is 0 Å². The number of hydrogen-bond acceptors (Lipinski definition) is 0. The maximum absolute atomic E-state index is 6.59. The van der Waals surface area contributed by atoms with Gasteiger partial charge in [0.2, 0.25) is 0 Å². The van der Waals surface area contributed by atoms with Gasteiger partial charge in [-0.1, -0.05) is 36.4 Å². The summed E-state index contributed by atoms with van der Waals surface area (Å²) in [6.07, 6.45) is 0. The molecule has 18 heavy (non-hydrogen) atoms. The second-order valence-electron chi connectivity index (χ2n) is 5.65. The Hall–Kier alpha value is -0.720. The van der Waals surface area contributed by atoms with E-state index in [0.29, 0.717) is 0 Å². The topological polar surface area (TPSA) is 0 Å². The van der Waals surface area contributed by atoms with Crippen LogP contribution in [0.25, 0.3) is 10.8 Å². The van der Waals surface area contributed by atoms with Crippen LogP contribution >= 0.6 is 23.2 Å². The van der Waals surface area contributed by atoms with Crippen molar-refractivity contribution in [2.24, 2.45) is 0 Å². The van der Waals surface area contributed by atoms with E-state index in [0.717, 1.165) is 11.1 Å². The van der Waals surface area contributed by atoms with Crippen molar-refractivity contribution in [3.05, 3.63) is 47.5 Å². The fourth-order valence-electron chi connectivity index (χ4n) is 2.41. The van der Waals surface area contributed by atoms with Gasteiger partial charge in [0.1, 0.15) is 0 Å². The molecule has 0 bridgehead atoms. The van der Waals surface area contributed by atoms with Crippen LogP contribution in [0, 0.1) is 0 Å². The minimum atomic E-state index is -0.442. The van der Waals surface area contributed by atoms with Crippen molar-refractivity contribution in [1.82, 2.24) is 0 Å². The van der Waals surface area contributed by atoms with Crippen LogP contribution in [-0.2, 0) is 9.75 Å².